The van der Waals surface area contributed by atoms with Gasteiger partial charge in [-0.25, -0.2) is 10.8 Å². The molecule has 0 aliphatic rings. The third kappa shape index (κ3) is 3.49. The van der Waals surface area contributed by atoms with Crippen molar-refractivity contribution < 1.29 is 4.79 Å². The number of rotatable bonds is 4. The number of nitrogens with one attached hydrogen (secondary N) is 1. The van der Waals surface area contributed by atoms with Crippen molar-refractivity contribution in [3.63, 3.8) is 0 Å². The number of amides is 1. The third-order valence-corrected chi connectivity index (χ3v) is 2.69. The fraction of sp³-hybridized carbons (Fsp3) is 0.154. The molecule has 0 spiro atoms. The summed E-state index contributed by atoms with van der Waals surface area (Å²) < 4.78 is 1.52. The van der Waals surface area contributed by atoms with E-state index in [4.69, 9.17) is 5.84 Å². The Balaban J connectivity index is 2.09. The molecule has 0 fully saturated rings. The highest BCUT2D eigenvalue weighted by molar-refractivity contribution is 5.77. The first-order valence-electron chi connectivity index (χ1n) is 5.77. The molecule has 1 aromatic carbocycles. The number of hydrazine groups is 1. The van der Waals surface area contributed by atoms with Crippen molar-refractivity contribution in [1.82, 2.24) is 15.0 Å². The van der Waals surface area contributed by atoms with Gasteiger partial charge in [-0.15, -0.1) is 0 Å². The van der Waals surface area contributed by atoms with E-state index in [0.717, 1.165) is 11.1 Å². The zero-order valence-corrected chi connectivity index (χ0v) is 10.2. The minimum Gasteiger partial charge on any atom is -0.295 e. The van der Waals surface area contributed by atoms with Crippen molar-refractivity contribution >= 4 is 5.91 Å². The second-order valence-electron chi connectivity index (χ2n) is 4.11. The van der Waals surface area contributed by atoms with E-state index in [1.807, 2.05) is 24.3 Å². The summed E-state index contributed by atoms with van der Waals surface area (Å²) in [4.78, 5) is 26.5. The predicted octanol–water partition coefficient (Wildman–Crippen LogP) is -0.176. The van der Waals surface area contributed by atoms with Gasteiger partial charge in [-0.05, 0) is 11.1 Å². The summed E-state index contributed by atoms with van der Waals surface area (Å²) in [5.41, 5.74) is 3.82. The monoisotopic (exact) mass is 258 g/mol. The molecule has 0 atom stereocenters. The predicted molar refractivity (Wildman–Crippen MR) is 70.1 cm³/mol. The topological polar surface area (TPSA) is 90.0 Å². The van der Waals surface area contributed by atoms with Crippen molar-refractivity contribution in [1.29, 1.82) is 0 Å². The Morgan fingerprint density at radius 1 is 1.21 bits per heavy atom. The quantitative estimate of drug-likeness (QED) is 0.452. The van der Waals surface area contributed by atoms with Gasteiger partial charge in [0.15, 0.2) is 0 Å². The summed E-state index contributed by atoms with van der Waals surface area (Å²) in [6.45, 7) is 0.454. The van der Waals surface area contributed by atoms with E-state index in [1.165, 1.54) is 23.2 Å². The molecule has 1 heterocycles. The number of nitrogens with zero attached hydrogens (tertiary/aromatic N) is 2. The first-order chi connectivity index (χ1) is 9.19. The lowest BCUT2D eigenvalue weighted by molar-refractivity contribution is -0.120. The molecule has 0 aliphatic carbocycles. The van der Waals surface area contributed by atoms with Crippen LogP contribution in [0.3, 0.4) is 0 Å². The Bertz CT molecular complexity index is 619. The number of aromatic nitrogens is 2. The Morgan fingerprint density at radius 2 is 1.89 bits per heavy atom. The summed E-state index contributed by atoms with van der Waals surface area (Å²) in [5.74, 6) is 4.78. The van der Waals surface area contributed by atoms with Crippen LogP contribution < -0.4 is 16.8 Å². The van der Waals surface area contributed by atoms with E-state index < -0.39 is 0 Å². The standard InChI is InChI=1S/C13H14N4O2/c14-16-12(18)7-10-1-3-11(4-2-10)8-17-9-15-6-5-13(17)19/h1-6,9H,7-8,14H2,(H,16,18). The van der Waals surface area contributed by atoms with Gasteiger partial charge in [-0.2, -0.15) is 0 Å². The summed E-state index contributed by atoms with van der Waals surface area (Å²) in [5, 5.41) is 0. The van der Waals surface area contributed by atoms with Crippen LogP contribution in [0, 0.1) is 0 Å². The lowest BCUT2D eigenvalue weighted by Crippen LogP contribution is -2.31. The van der Waals surface area contributed by atoms with Crippen molar-refractivity contribution in [3.8, 4) is 0 Å². The van der Waals surface area contributed by atoms with Crippen molar-refractivity contribution in [2.75, 3.05) is 0 Å². The lowest BCUT2D eigenvalue weighted by Gasteiger charge is -2.06. The van der Waals surface area contributed by atoms with Crippen LogP contribution in [0.15, 0.2) is 47.7 Å². The average molecular weight is 258 g/mol. The zero-order chi connectivity index (χ0) is 13.7. The van der Waals surface area contributed by atoms with Gasteiger partial charge in [0.2, 0.25) is 5.91 Å². The average Bonchev–Trinajstić information content (AvgIpc) is 2.43. The molecule has 19 heavy (non-hydrogen) atoms. The maximum absolute atomic E-state index is 11.5. The Hall–Kier alpha value is -2.47. The molecule has 2 aromatic rings. The normalized spacial score (nSPS) is 10.2. The molecule has 0 radical (unpaired) electrons. The molecular weight excluding hydrogens is 244 g/mol. The number of hydrogen-bond acceptors (Lipinski definition) is 4. The number of hydrogen-bond donors (Lipinski definition) is 2. The van der Waals surface area contributed by atoms with Crippen LogP contribution >= 0.6 is 0 Å². The van der Waals surface area contributed by atoms with Gasteiger partial charge in [-0.3, -0.25) is 19.6 Å². The van der Waals surface area contributed by atoms with Gasteiger partial charge in [0, 0.05) is 12.3 Å². The molecule has 0 aliphatic heterocycles. The second-order valence-corrected chi connectivity index (χ2v) is 4.11. The van der Waals surface area contributed by atoms with Crippen LogP contribution in [0.1, 0.15) is 11.1 Å². The van der Waals surface area contributed by atoms with Crippen LogP contribution in [0.2, 0.25) is 0 Å². The lowest BCUT2D eigenvalue weighted by atomic mass is 10.1. The molecule has 0 bridgehead atoms. The van der Waals surface area contributed by atoms with Gasteiger partial charge in [-0.1, -0.05) is 24.3 Å². The van der Waals surface area contributed by atoms with Gasteiger partial charge in [0.25, 0.3) is 5.56 Å². The molecule has 0 saturated carbocycles. The molecular formula is C13H14N4O2. The Labute approximate surface area is 109 Å². The highest BCUT2D eigenvalue weighted by Crippen LogP contribution is 2.06. The summed E-state index contributed by atoms with van der Waals surface area (Å²) in [7, 11) is 0. The molecule has 2 rings (SSSR count). The van der Waals surface area contributed by atoms with E-state index in [1.54, 1.807) is 0 Å². The number of carbonyl (C=O) groups is 1. The Kier molecular flexibility index (Phi) is 4.04. The number of nitrogens with two attached hydrogens (primary N) is 1. The van der Waals surface area contributed by atoms with E-state index in [9.17, 15) is 9.59 Å². The van der Waals surface area contributed by atoms with Gasteiger partial charge < -0.3 is 0 Å². The summed E-state index contributed by atoms with van der Waals surface area (Å²) >= 11 is 0. The largest absolute Gasteiger partial charge is 0.295 e. The molecule has 1 amide bonds. The van der Waals surface area contributed by atoms with Crippen LogP contribution in [-0.2, 0) is 17.8 Å². The van der Waals surface area contributed by atoms with Crippen LogP contribution in [0.5, 0.6) is 0 Å². The van der Waals surface area contributed by atoms with Gasteiger partial charge in [0.1, 0.15) is 0 Å². The minimum absolute atomic E-state index is 0.0958. The Morgan fingerprint density at radius 3 is 2.53 bits per heavy atom. The van der Waals surface area contributed by atoms with Crippen molar-refractivity contribution in [2.45, 2.75) is 13.0 Å². The van der Waals surface area contributed by atoms with Gasteiger partial charge >= 0.3 is 0 Å². The first kappa shape index (κ1) is 13.0. The molecule has 3 N–H and O–H groups in total. The third-order valence-electron chi connectivity index (χ3n) is 2.69. The number of benzene rings is 1. The summed E-state index contributed by atoms with van der Waals surface area (Å²) in [6.07, 6.45) is 3.20. The molecule has 6 heteroatoms. The fourth-order valence-electron chi connectivity index (χ4n) is 1.69. The molecule has 1 aromatic heterocycles. The van der Waals surface area contributed by atoms with E-state index in [-0.39, 0.29) is 17.9 Å². The zero-order valence-electron chi connectivity index (χ0n) is 10.2. The highest BCUT2D eigenvalue weighted by atomic mass is 16.2. The van der Waals surface area contributed by atoms with Crippen LogP contribution in [-0.4, -0.2) is 15.5 Å². The van der Waals surface area contributed by atoms with Gasteiger partial charge in [0.05, 0.1) is 19.3 Å². The maximum Gasteiger partial charge on any atom is 0.253 e. The van der Waals surface area contributed by atoms with Crippen molar-refractivity contribution in [3.05, 3.63) is 64.3 Å². The van der Waals surface area contributed by atoms with Crippen LogP contribution in [0.4, 0.5) is 0 Å². The second kappa shape index (κ2) is 5.92. The summed E-state index contributed by atoms with van der Waals surface area (Å²) in [6, 6.07) is 8.84. The fourth-order valence-corrected chi connectivity index (χ4v) is 1.69. The minimum atomic E-state index is -0.240. The number of carbonyl (C=O) groups excluding carboxylic acids is 1. The molecule has 98 valence electrons. The molecule has 0 unspecified atom stereocenters. The molecule has 0 saturated heterocycles. The van der Waals surface area contributed by atoms with Crippen molar-refractivity contribution in [2.24, 2.45) is 5.84 Å². The van der Waals surface area contributed by atoms with Crippen LogP contribution in [0.25, 0.3) is 0 Å². The first-order valence-corrected chi connectivity index (χ1v) is 5.77. The smallest absolute Gasteiger partial charge is 0.253 e. The van der Waals surface area contributed by atoms with E-state index >= 15 is 0 Å². The van der Waals surface area contributed by atoms with E-state index in [2.05, 4.69) is 10.4 Å². The highest BCUT2D eigenvalue weighted by Gasteiger charge is 2.02. The SMILES string of the molecule is NNC(=O)Cc1ccc(Cn2cnccc2=O)cc1. The maximum atomic E-state index is 11.5. The molecule has 6 nitrogen and oxygen atoms in total. The van der Waals surface area contributed by atoms with E-state index in [0.29, 0.717) is 6.54 Å².